The first-order valence-electron chi connectivity index (χ1n) is 9.10. The lowest BCUT2D eigenvalue weighted by Gasteiger charge is -2.04. The zero-order valence-corrected chi connectivity index (χ0v) is 17.4. The number of fused-ring (bicyclic) bond motifs is 1. The highest BCUT2D eigenvalue weighted by Crippen LogP contribution is 2.13. The number of H-pyrrole nitrogens is 1. The molecule has 0 spiro atoms. The van der Waals surface area contributed by atoms with Crippen LogP contribution in [0.1, 0.15) is 22.3 Å². The van der Waals surface area contributed by atoms with E-state index in [1.807, 2.05) is 54.7 Å². The van der Waals surface area contributed by atoms with Crippen LogP contribution in [0, 0.1) is 15.4 Å². The highest BCUT2D eigenvalue weighted by molar-refractivity contribution is 14.1. The van der Waals surface area contributed by atoms with Crippen LogP contribution >= 0.6 is 22.6 Å². The molecule has 0 amide bonds. The van der Waals surface area contributed by atoms with Crippen LogP contribution in [0.4, 0.5) is 0 Å². The van der Waals surface area contributed by atoms with Crippen LogP contribution < -0.4 is 5.43 Å². The van der Waals surface area contributed by atoms with Gasteiger partial charge in [-0.05, 0) is 64.0 Å². The second-order valence-electron chi connectivity index (χ2n) is 6.67. The fourth-order valence-corrected chi connectivity index (χ4v) is 3.50. The Morgan fingerprint density at radius 1 is 0.893 bits per heavy atom. The first-order chi connectivity index (χ1) is 13.7. The Hall–Kier alpha value is -2.84. The molecule has 4 rings (SSSR count). The van der Waals surface area contributed by atoms with Gasteiger partial charge in [-0.15, -0.1) is 0 Å². The van der Waals surface area contributed by atoms with Crippen LogP contribution in [0.2, 0.25) is 0 Å². The first kappa shape index (κ1) is 18.5. The second-order valence-corrected chi connectivity index (χ2v) is 7.92. The third-order valence-electron chi connectivity index (χ3n) is 4.63. The molecule has 0 saturated carbocycles. The van der Waals surface area contributed by atoms with E-state index < -0.39 is 0 Å². The summed E-state index contributed by atoms with van der Waals surface area (Å²) in [6, 6.07) is 24.2. The number of nitrogens with one attached hydrogen (secondary N) is 1. The number of halogens is 1. The molecule has 3 heteroatoms. The molecular weight excluding hydrogens is 457 g/mol. The fraction of sp³-hybridized carbons (Fsp3) is 0.0800. The number of rotatable bonds is 3. The predicted molar refractivity (Wildman–Crippen MR) is 124 cm³/mol. The molecule has 0 bridgehead atoms. The molecule has 0 fully saturated rings. The largest absolute Gasteiger partial charge is 0.361 e. The van der Waals surface area contributed by atoms with Gasteiger partial charge < -0.3 is 4.98 Å². The Labute approximate surface area is 177 Å². The van der Waals surface area contributed by atoms with Crippen molar-refractivity contribution in [3.63, 3.8) is 0 Å². The molecule has 0 unspecified atom stereocenters. The minimum atomic E-state index is 0.0684. The average Bonchev–Trinajstić information content (AvgIpc) is 2.73. The Kier molecular flexibility index (Phi) is 5.59. The molecule has 28 heavy (non-hydrogen) atoms. The van der Waals surface area contributed by atoms with Gasteiger partial charge in [-0.1, -0.05) is 54.3 Å². The summed E-state index contributed by atoms with van der Waals surface area (Å²) in [5.41, 5.74) is 4.85. The average molecular weight is 475 g/mol. The molecule has 1 heterocycles. The van der Waals surface area contributed by atoms with Crippen molar-refractivity contribution in [3.05, 3.63) is 115 Å². The van der Waals surface area contributed by atoms with E-state index in [0.29, 0.717) is 18.2 Å². The lowest BCUT2D eigenvalue weighted by atomic mass is 10.0. The van der Waals surface area contributed by atoms with E-state index >= 15 is 0 Å². The number of pyridine rings is 1. The van der Waals surface area contributed by atoms with Crippen LogP contribution in [0.25, 0.3) is 10.9 Å². The van der Waals surface area contributed by atoms with Crippen LogP contribution in [0.3, 0.4) is 0 Å². The van der Waals surface area contributed by atoms with Crippen molar-refractivity contribution in [1.29, 1.82) is 0 Å². The van der Waals surface area contributed by atoms with Crippen molar-refractivity contribution in [2.45, 2.75) is 12.8 Å². The van der Waals surface area contributed by atoms with Crippen molar-refractivity contribution in [3.8, 4) is 11.8 Å². The molecule has 0 saturated heterocycles. The molecule has 0 radical (unpaired) electrons. The van der Waals surface area contributed by atoms with E-state index in [0.717, 1.165) is 22.2 Å². The lowest BCUT2D eigenvalue weighted by molar-refractivity contribution is 1.14. The van der Waals surface area contributed by atoms with Gasteiger partial charge in [-0.25, -0.2) is 0 Å². The van der Waals surface area contributed by atoms with Gasteiger partial charge in [0.2, 0.25) is 0 Å². The minimum absolute atomic E-state index is 0.0684. The lowest BCUT2D eigenvalue weighted by Crippen LogP contribution is -2.10. The summed E-state index contributed by atoms with van der Waals surface area (Å²) in [5, 5.41) is 0.689. The van der Waals surface area contributed by atoms with Gasteiger partial charge in [-0.3, -0.25) is 4.79 Å². The van der Waals surface area contributed by atoms with Gasteiger partial charge in [-0.2, -0.15) is 0 Å². The molecule has 3 aromatic carbocycles. The Balaban J connectivity index is 1.61. The highest BCUT2D eigenvalue weighted by Gasteiger charge is 2.06. The Morgan fingerprint density at radius 2 is 1.68 bits per heavy atom. The molecule has 0 atom stereocenters. The summed E-state index contributed by atoms with van der Waals surface area (Å²) in [7, 11) is 0. The van der Waals surface area contributed by atoms with Gasteiger partial charge in [0.25, 0.3) is 0 Å². The van der Waals surface area contributed by atoms with Gasteiger partial charge in [0.05, 0.1) is 0 Å². The van der Waals surface area contributed by atoms with Crippen LogP contribution in [0.15, 0.2) is 83.8 Å². The third kappa shape index (κ3) is 4.35. The summed E-state index contributed by atoms with van der Waals surface area (Å²) in [4.78, 5) is 16.2. The molecule has 1 aromatic heterocycles. The molecule has 0 aliphatic carbocycles. The zero-order chi connectivity index (χ0) is 19.3. The summed E-state index contributed by atoms with van der Waals surface area (Å²) in [5.74, 6) is 6.40. The van der Waals surface area contributed by atoms with Gasteiger partial charge in [0, 0.05) is 44.6 Å². The molecule has 0 aliphatic rings. The van der Waals surface area contributed by atoms with E-state index in [1.54, 1.807) is 0 Å². The number of hydrogen-bond donors (Lipinski definition) is 1. The number of aromatic nitrogens is 1. The minimum Gasteiger partial charge on any atom is -0.361 e. The van der Waals surface area contributed by atoms with Gasteiger partial charge >= 0.3 is 0 Å². The Morgan fingerprint density at radius 3 is 2.46 bits per heavy atom. The second kappa shape index (κ2) is 8.45. The maximum Gasteiger partial charge on any atom is 0.192 e. The molecule has 4 aromatic rings. The van der Waals surface area contributed by atoms with Crippen molar-refractivity contribution < 1.29 is 0 Å². The number of benzene rings is 3. The standard InChI is InChI=1S/C25H18INO/c26-22-12-9-18(10-13-22)7-4-8-20-11-14-24-23(16-20)25(28)21(17-27-24)15-19-5-2-1-3-6-19/h1-3,5-6,9-14,16-17H,7,15H2,(H,27,28). The number of aromatic amines is 1. The summed E-state index contributed by atoms with van der Waals surface area (Å²) in [6.45, 7) is 0. The molecule has 136 valence electrons. The molecule has 0 aliphatic heterocycles. The molecule has 2 nitrogen and oxygen atoms in total. The van der Waals surface area contributed by atoms with E-state index in [1.165, 1.54) is 9.13 Å². The van der Waals surface area contributed by atoms with E-state index in [4.69, 9.17) is 0 Å². The monoisotopic (exact) mass is 475 g/mol. The molecule has 1 N–H and O–H groups in total. The van der Waals surface area contributed by atoms with E-state index in [-0.39, 0.29) is 5.43 Å². The normalized spacial score (nSPS) is 10.5. The quantitative estimate of drug-likeness (QED) is 0.316. The van der Waals surface area contributed by atoms with E-state index in [9.17, 15) is 4.79 Å². The summed E-state index contributed by atoms with van der Waals surface area (Å²) >= 11 is 2.30. The number of hydrogen-bond acceptors (Lipinski definition) is 1. The third-order valence-corrected chi connectivity index (χ3v) is 5.35. The fourth-order valence-electron chi connectivity index (χ4n) is 3.14. The zero-order valence-electron chi connectivity index (χ0n) is 15.2. The SMILES string of the molecule is O=c1c(Cc2ccccc2)c[nH]c2ccc(C#CCc3ccc(I)cc3)cc12. The van der Waals surface area contributed by atoms with E-state index in [2.05, 4.69) is 63.7 Å². The summed E-state index contributed by atoms with van der Waals surface area (Å²) in [6.07, 6.45) is 3.13. The summed E-state index contributed by atoms with van der Waals surface area (Å²) < 4.78 is 1.22. The van der Waals surface area contributed by atoms with Crippen molar-refractivity contribution >= 4 is 33.5 Å². The first-order valence-corrected chi connectivity index (χ1v) is 10.2. The van der Waals surface area contributed by atoms with Crippen molar-refractivity contribution in [2.75, 3.05) is 0 Å². The van der Waals surface area contributed by atoms with Crippen molar-refractivity contribution in [1.82, 2.24) is 4.98 Å². The van der Waals surface area contributed by atoms with Gasteiger partial charge in [0.1, 0.15) is 0 Å². The smallest absolute Gasteiger partial charge is 0.192 e. The highest BCUT2D eigenvalue weighted by atomic mass is 127. The van der Waals surface area contributed by atoms with Crippen LogP contribution in [-0.2, 0) is 12.8 Å². The van der Waals surface area contributed by atoms with Crippen molar-refractivity contribution in [2.24, 2.45) is 0 Å². The van der Waals surface area contributed by atoms with Gasteiger partial charge in [0.15, 0.2) is 5.43 Å². The van der Waals surface area contributed by atoms with Crippen LogP contribution in [0.5, 0.6) is 0 Å². The topological polar surface area (TPSA) is 32.9 Å². The Bertz CT molecular complexity index is 1230. The van der Waals surface area contributed by atoms with Crippen LogP contribution in [-0.4, -0.2) is 4.98 Å². The maximum atomic E-state index is 12.9. The predicted octanol–water partition coefficient (Wildman–Crippen LogP) is 5.32. The molecular formula is C25H18INO. The maximum absolute atomic E-state index is 12.9.